The second kappa shape index (κ2) is 6.56. The summed E-state index contributed by atoms with van der Waals surface area (Å²) in [6, 6.07) is 10.9. The molecule has 0 saturated carbocycles. The monoisotopic (exact) mass is 290 g/mol. The molecule has 0 fully saturated rings. The van der Waals surface area contributed by atoms with Gasteiger partial charge in [-0.05, 0) is 23.8 Å². The number of fused-ring (bicyclic) bond motifs is 1. The van der Waals surface area contributed by atoms with E-state index in [1.165, 1.54) is 7.11 Å². The number of aliphatic hydroxyl groups excluding tert-OH is 2. The lowest BCUT2D eigenvalue weighted by atomic mass is 9.96. The molecule has 2 rings (SSSR count). The minimum atomic E-state index is -1.66. The molecule has 112 valence electrons. The van der Waals surface area contributed by atoms with E-state index < -0.39 is 18.2 Å². The third kappa shape index (κ3) is 2.99. The first-order valence-corrected chi connectivity index (χ1v) is 6.68. The van der Waals surface area contributed by atoms with Crippen molar-refractivity contribution in [3.63, 3.8) is 0 Å². The van der Waals surface area contributed by atoms with Gasteiger partial charge in [0.2, 0.25) is 0 Å². The van der Waals surface area contributed by atoms with Gasteiger partial charge in [0.1, 0.15) is 11.9 Å². The van der Waals surface area contributed by atoms with Crippen LogP contribution in [-0.2, 0) is 9.53 Å². The number of hydrogen-bond donors (Lipinski definition) is 2. The van der Waals surface area contributed by atoms with Crippen molar-refractivity contribution in [3.8, 4) is 5.75 Å². The molecule has 0 amide bonds. The van der Waals surface area contributed by atoms with Gasteiger partial charge in [-0.2, -0.15) is 0 Å². The van der Waals surface area contributed by atoms with E-state index >= 15 is 0 Å². The van der Waals surface area contributed by atoms with Gasteiger partial charge in [-0.1, -0.05) is 30.3 Å². The van der Waals surface area contributed by atoms with Gasteiger partial charge in [0.25, 0.3) is 0 Å². The average molecular weight is 290 g/mol. The fourth-order valence-corrected chi connectivity index (χ4v) is 2.27. The summed E-state index contributed by atoms with van der Waals surface area (Å²) in [4.78, 5) is 11.6. The van der Waals surface area contributed by atoms with E-state index in [0.29, 0.717) is 16.7 Å². The molecule has 2 N–H and O–H groups in total. The van der Waals surface area contributed by atoms with Gasteiger partial charge < -0.3 is 19.7 Å². The van der Waals surface area contributed by atoms with E-state index in [4.69, 9.17) is 9.47 Å². The third-order valence-electron chi connectivity index (χ3n) is 3.27. The summed E-state index contributed by atoms with van der Waals surface area (Å²) >= 11 is 0. The second-order valence-electron chi connectivity index (χ2n) is 4.54. The zero-order chi connectivity index (χ0) is 15.4. The summed E-state index contributed by atoms with van der Waals surface area (Å²) in [7, 11) is 1.47. The van der Waals surface area contributed by atoms with Crippen molar-refractivity contribution in [2.24, 2.45) is 0 Å². The number of benzene rings is 2. The topological polar surface area (TPSA) is 76.0 Å². The predicted octanol–water partition coefficient (Wildman–Crippen LogP) is 1.81. The highest BCUT2D eigenvalue weighted by atomic mass is 16.5. The Kier molecular flexibility index (Phi) is 4.77. The third-order valence-corrected chi connectivity index (χ3v) is 3.27. The molecular formula is C16H18O5. The van der Waals surface area contributed by atoms with Crippen LogP contribution in [-0.4, -0.2) is 36.0 Å². The molecule has 21 heavy (non-hydrogen) atoms. The van der Waals surface area contributed by atoms with Gasteiger partial charge >= 0.3 is 5.97 Å². The Morgan fingerprint density at radius 1 is 1.19 bits per heavy atom. The molecule has 0 aliphatic rings. The number of carbonyl (C=O) groups is 1. The number of ether oxygens (including phenoxy) is 2. The Bertz CT molecular complexity index is 638. The van der Waals surface area contributed by atoms with Crippen LogP contribution in [0, 0.1) is 0 Å². The van der Waals surface area contributed by atoms with Gasteiger partial charge in [-0.3, -0.25) is 0 Å². The number of aliphatic hydroxyl groups is 2. The Labute approximate surface area is 122 Å². The Morgan fingerprint density at radius 3 is 2.57 bits per heavy atom. The number of rotatable bonds is 5. The molecule has 2 unspecified atom stereocenters. The largest absolute Gasteiger partial charge is 0.496 e. The van der Waals surface area contributed by atoms with E-state index in [2.05, 4.69) is 0 Å². The standard InChI is InChI=1S/C16H18O5/c1-3-21-16(19)15(18)14(17)13-11-7-5-4-6-10(11)8-9-12(13)20-2/h4-9,14-15,17-18H,3H2,1-2H3. The second-order valence-corrected chi connectivity index (χ2v) is 4.54. The summed E-state index contributed by atoms with van der Waals surface area (Å²) < 4.78 is 9.98. The summed E-state index contributed by atoms with van der Waals surface area (Å²) in [6.07, 6.45) is -3.09. The van der Waals surface area contributed by atoms with Crippen molar-refractivity contribution >= 4 is 16.7 Å². The summed E-state index contributed by atoms with van der Waals surface area (Å²) in [6.45, 7) is 1.77. The molecule has 0 aliphatic carbocycles. The number of carbonyl (C=O) groups excluding carboxylic acids is 1. The van der Waals surface area contributed by atoms with Gasteiger partial charge in [0, 0.05) is 5.56 Å². The lowest BCUT2D eigenvalue weighted by Gasteiger charge is -2.20. The number of hydrogen-bond acceptors (Lipinski definition) is 5. The van der Waals surface area contributed by atoms with E-state index in [0.717, 1.165) is 5.39 Å². The van der Waals surface area contributed by atoms with Crippen LogP contribution in [0.25, 0.3) is 10.8 Å². The molecule has 0 aromatic heterocycles. The lowest BCUT2D eigenvalue weighted by Crippen LogP contribution is -2.30. The predicted molar refractivity (Wildman–Crippen MR) is 78.1 cm³/mol. The first-order valence-electron chi connectivity index (χ1n) is 6.68. The Balaban J connectivity index is 2.50. The molecular weight excluding hydrogens is 272 g/mol. The molecule has 0 saturated heterocycles. The maximum atomic E-state index is 11.6. The summed E-state index contributed by atoms with van der Waals surface area (Å²) in [5.41, 5.74) is 0.371. The maximum Gasteiger partial charge on any atom is 0.338 e. The molecule has 0 heterocycles. The fourth-order valence-electron chi connectivity index (χ4n) is 2.27. The highest BCUT2D eigenvalue weighted by Crippen LogP contribution is 2.34. The first kappa shape index (κ1) is 15.3. The minimum absolute atomic E-state index is 0.134. The van der Waals surface area contributed by atoms with Crippen molar-refractivity contribution in [1.29, 1.82) is 0 Å². The highest BCUT2D eigenvalue weighted by Gasteiger charge is 2.30. The van der Waals surface area contributed by atoms with E-state index in [1.54, 1.807) is 19.1 Å². The average Bonchev–Trinajstić information content (AvgIpc) is 2.52. The molecule has 0 aliphatic heterocycles. The van der Waals surface area contributed by atoms with Crippen LogP contribution in [0.5, 0.6) is 5.75 Å². The van der Waals surface area contributed by atoms with Crippen molar-refractivity contribution in [1.82, 2.24) is 0 Å². The van der Waals surface area contributed by atoms with Crippen molar-refractivity contribution in [3.05, 3.63) is 42.0 Å². The fraction of sp³-hybridized carbons (Fsp3) is 0.312. The molecule has 5 heteroatoms. The molecule has 2 aromatic rings. The SMILES string of the molecule is CCOC(=O)C(O)C(O)c1c(OC)ccc2ccccc12. The normalized spacial score (nSPS) is 13.7. The van der Waals surface area contributed by atoms with Crippen LogP contribution in [0.2, 0.25) is 0 Å². The van der Waals surface area contributed by atoms with Gasteiger partial charge in [-0.15, -0.1) is 0 Å². The summed E-state index contributed by atoms with van der Waals surface area (Å²) in [5.74, 6) is -0.454. The highest BCUT2D eigenvalue weighted by molar-refractivity contribution is 5.89. The van der Waals surface area contributed by atoms with Crippen LogP contribution in [0.15, 0.2) is 36.4 Å². The van der Waals surface area contributed by atoms with Gasteiger partial charge in [-0.25, -0.2) is 4.79 Å². The summed E-state index contributed by atoms with van der Waals surface area (Å²) in [5, 5.41) is 21.9. The molecule has 0 bridgehead atoms. The van der Waals surface area contributed by atoms with Crippen molar-refractivity contribution < 1.29 is 24.5 Å². The molecule has 2 atom stereocenters. The first-order chi connectivity index (χ1) is 10.1. The molecule has 0 spiro atoms. The van der Waals surface area contributed by atoms with Crippen molar-refractivity contribution in [2.75, 3.05) is 13.7 Å². The quantitative estimate of drug-likeness (QED) is 0.821. The van der Waals surface area contributed by atoms with Crippen LogP contribution in [0.4, 0.5) is 0 Å². The van der Waals surface area contributed by atoms with Crippen molar-refractivity contribution in [2.45, 2.75) is 19.1 Å². The zero-order valence-electron chi connectivity index (χ0n) is 11.9. The molecule has 0 radical (unpaired) electrons. The van der Waals surface area contributed by atoms with Crippen LogP contribution < -0.4 is 4.74 Å². The molecule has 2 aromatic carbocycles. The maximum absolute atomic E-state index is 11.6. The van der Waals surface area contributed by atoms with Gasteiger partial charge in [0.15, 0.2) is 6.10 Å². The number of methoxy groups -OCH3 is 1. The Hall–Kier alpha value is -2.11. The van der Waals surface area contributed by atoms with E-state index in [9.17, 15) is 15.0 Å². The van der Waals surface area contributed by atoms with Crippen LogP contribution >= 0.6 is 0 Å². The number of esters is 1. The Morgan fingerprint density at radius 2 is 1.90 bits per heavy atom. The van der Waals surface area contributed by atoms with Gasteiger partial charge in [0.05, 0.1) is 13.7 Å². The van der Waals surface area contributed by atoms with E-state index in [1.807, 2.05) is 24.3 Å². The van der Waals surface area contributed by atoms with E-state index in [-0.39, 0.29) is 6.61 Å². The zero-order valence-corrected chi connectivity index (χ0v) is 11.9. The minimum Gasteiger partial charge on any atom is -0.496 e. The van der Waals surface area contributed by atoms with Crippen LogP contribution in [0.1, 0.15) is 18.6 Å². The van der Waals surface area contributed by atoms with Crippen LogP contribution in [0.3, 0.4) is 0 Å². The molecule has 5 nitrogen and oxygen atoms in total. The lowest BCUT2D eigenvalue weighted by molar-refractivity contribution is -0.159. The smallest absolute Gasteiger partial charge is 0.338 e.